The van der Waals surface area contributed by atoms with Gasteiger partial charge in [0.05, 0.1) is 6.10 Å². The van der Waals surface area contributed by atoms with Gasteiger partial charge in [-0.25, -0.2) is 0 Å². The van der Waals surface area contributed by atoms with Crippen LogP contribution in [0.3, 0.4) is 0 Å². The molecule has 1 saturated carbocycles. The van der Waals surface area contributed by atoms with Crippen molar-refractivity contribution in [1.29, 1.82) is 0 Å². The standard InChI is InChI=1S/C28H41N3O5.ClH/c1-2-3-13-31-26(33)24(25(32)21-7-5-4-6-8-21)29-27(34)28(31)11-14-30(15-12-28)19-20-9-10-22-23(18-20)36-17-16-35-22;/h9-10,18,21,24-25,32H,2-8,11-17,19H2,1H3,(H,29,34);1H. The average molecular weight is 536 g/mol. The fraction of sp³-hybridized carbons (Fsp3) is 0.714. The van der Waals surface area contributed by atoms with E-state index in [9.17, 15) is 14.7 Å². The van der Waals surface area contributed by atoms with Crippen molar-refractivity contribution in [2.75, 3.05) is 32.8 Å². The van der Waals surface area contributed by atoms with Crippen molar-refractivity contribution in [2.24, 2.45) is 5.92 Å². The van der Waals surface area contributed by atoms with Crippen LogP contribution in [0.25, 0.3) is 0 Å². The number of amides is 2. The smallest absolute Gasteiger partial charge is 0.248 e. The maximum atomic E-state index is 13.8. The van der Waals surface area contributed by atoms with Gasteiger partial charge >= 0.3 is 0 Å². The molecule has 37 heavy (non-hydrogen) atoms. The summed E-state index contributed by atoms with van der Waals surface area (Å²) in [5.74, 6) is 1.48. The third-order valence-electron chi connectivity index (χ3n) is 8.66. The van der Waals surface area contributed by atoms with E-state index in [0.29, 0.717) is 32.6 Å². The fourth-order valence-electron chi connectivity index (χ4n) is 6.48. The molecule has 2 atom stereocenters. The van der Waals surface area contributed by atoms with Crippen LogP contribution >= 0.6 is 12.4 Å². The molecule has 1 spiro atoms. The molecule has 3 fully saturated rings. The van der Waals surface area contributed by atoms with E-state index < -0.39 is 17.7 Å². The van der Waals surface area contributed by atoms with Gasteiger partial charge in [0, 0.05) is 26.2 Å². The number of aliphatic hydroxyl groups excluding tert-OH is 1. The maximum absolute atomic E-state index is 13.8. The molecule has 1 aromatic carbocycles. The highest BCUT2D eigenvalue weighted by Crippen LogP contribution is 2.37. The molecule has 1 aromatic rings. The van der Waals surface area contributed by atoms with Crippen molar-refractivity contribution < 1.29 is 24.2 Å². The summed E-state index contributed by atoms with van der Waals surface area (Å²) in [6, 6.07) is 5.26. The predicted octanol–water partition coefficient (Wildman–Crippen LogP) is 3.28. The van der Waals surface area contributed by atoms with Crippen LogP contribution in [0.2, 0.25) is 0 Å². The van der Waals surface area contributed by atoms with Gasteiger partial charge in [-0.3, -0.25) is 14.5 Å². The highest BCUT2D eigenvalue weighted by atomic mass is 35.5. The highest BCUT2D eigenvalue weighted by Gasteiger charge is 2.55. The minimum atomic E-state index is -0.821. The second-order valence-electron chi connectivity index (χ2n) is 11.0. The van der Waals surface area contributed by atoms with Gasteiger partial charge in [0.1, 0.15) is 24.8 Å². The van der Waals surface area contributed by atoms with Crippen molar-refractivity contribution in [3.05, 3.63) is 23.8 Å². The molecule has 2 N–H and O–H groups in total. The molecule has 2 unspecified atom stereocenters. The molecule has 3 aliphatic heterocycles. The van der Waals surface area contributed by atoms with Gasteiger partial charge in [-0.1, -0.05) is 38.7 Å². The number of halogens is 1. The first-order chi connectivity index (χ1) is 17.5. The zero-order valence-corrected chi connectivity index (χ0v) is 22.8. The van der Waals surface area contributed by atoms with Crippen LogP contribution in [0.1, 0.15) is 70.3 Å². The van der Waals surface area contributed by atoms with Crippen LogP contribution in [0, 0.1) is 5.92 Å². The Labute approximate surface area is 226 Å². The SMILES string of the molecule is CCCCN1C(=O)C(C(O)C2CCCCC2)NC(=O)C12CCN(Cc1ccc3c(c1)OCCO3)CC2.Cl. The Kier molecular flexibility index (Phi) is 9.24. The Morgan fingerprint density at radius 1 is 1.08 bits per heavy atom. The van der Waals surface area contributed by atoms with Crippen LogP contribution in [0.4, 0.5) is 0 Å². The maximum Gasteiger partial charge on any atom is 0.248 e. The van der Waals surface area contributed by atoms with E-state index in [-0.39, 0.29) is 30.1 Å². The Hall–Kier alpha value is -2.03. The monoisotopic (exact) mass is 535 g/mol. The van der Waals surface area contributed by atoms with Crippen LogP contribution in [-0.4, -0.2) is 77.3 Å². The Balaban J connectivity index is 0.00000320. The molecule has 0 aromatic heterocycles. The van der Waals surface area contributed by atoms with Crippen LogP contribution in [0.5, 0.6) is 11.5 Å². The van der Waals surface area contributed by atoms with Crippen LogP contribution in [-0.2, 0) is 16.1 Å². The Morgan fingerprint density at radius 3 is 2.49 bits per heavy atom. The first-order valence-electron chi connectivity index (χ1n) is 13.9. The summed E-state index contributed by atoms with van der Waals surface area (Å²) in [6.45, 7) is 6.04. The summed E-state index contributed by atoms with van der Waals surface area (Å²) in [7, 11) is 0. The lowest BCUT2D eigenvalue weighted by atomic mass is 9.78. The second kappa shape index (κ2) is 12.2. The third kappa shape index (κ3) is 5.71. The number of benzene rings is 1. The van der Waals surface area contributed by atoms with Gasteiger partial charge < -0.3 is 24.8 Å². The Morgan fingerprint density at radius 2 is 1.78 bits per heavy atom. The first-order valence-corrected chi connectivity index (χ1v) is 13.9. The van der Waals surface area contributed by atoms with Gasteiger partial charge in [0.15, 0.2) is 11.5 Å². The number of hydrogen-bond donors (Lipinski definition) is 2. The summed E-state index contributed by atoms with van der Waals surface area (Å²) in [6.07, 6.45) is 7.41. The number of rotatable bonds is 7. The van der Waals surface area contributed by atoms with Gasteiger partial charge in [-0.15, -0.1) is 12.4 Å². The third-order valence-corrected chi connectivity index (χ3v) is 8.66. The number of nitrogens with zero attached hydrogens (tertiary/aromatic N) is 2. The van der Waals surface area contributed by atoms with Crippen LogP contribution in [0.15, 0.2) is 18.2 Å². The molecule has 0 radical (unpaired) electrons. The molecule has 206 valence electrons. The molecule has 2 saturated heterocycles. The number of hydrogen-bond acceptors (Lipinski definition) is 6. The summed E-state index contributed by atoms with van der Waals surface area (Å²) in [4.78, 5) is 31.6. The molecule has 1 aliphatic carbocycles. The van der Waals surface area contributed by atoms with Gasteiger partial charge in [0.25, 0.3) is 0 Å². The molecular weight excluding hydrogens is 494 g/mol. The zero-order chi connectivity index (χ0) is 25.1. The molecule has 2 amide bonds. The molecule has 4 aliphatic rings. The summed E-state index contributed by atoms with van der Waals surface area (Å²) >= 11 is 0. The van der Waals surface area contributed by atoms with E-state index in [4.69, 9.17) is 9.47 Å². The van der Waals surface area contributed by atoms with Gasteiger partial charge in [-0.05, 0) is 55.7 Å². The minimum Gasteiger partial charge on any atom is -0.486 e. The lowest BCUT2D eigenvalue weighted by molar-refractivity contribution is -0.166. The number of fused-ring (bicyclic) bond motifs is 1. The number of carbonyl (C=O) groups is 2. The number of nitrogens with one attached hydrogen (secondary N) is 1. The van der Waals surface area contributed by atoms with E-state index in [1.807, 2.05) is 17.0 Å². The van der Waals surface area contributed by atoms with Crippen molar-refractivity contribution in [3.63, 3.8) is 0 Å². The predicted molar refractivity (Wildman–Crippen MR) is 143 cm³/mol. The largest absolute Gasteiger partial charge is 0.486 e. The molecule has 9 heteroatoms. The summed E-state index contributed by atoms with van der Waals surface area (Å²) < 4.78 is 11.4. The molecular formula is C28H42ClN3O5. The Bertz CT molecular complexity index is 946. The number of likely N-dealkylation sites (tertiary alicyclic amines) is 1. The van der Waals surface area contributed by atoms with Gasteiger partial charge in [0.2, 0.25) is 11.8 Å². The van der Waals surface area contributed by atoms with Gasteiger partial charge in [-0.2, -0.15) is 0 Å². The average Bonchev–Trinajstić information content (AvgIpc) is 2.92. The number of piperidine rings is 1. The number of aliphatic hydroxyl groups is 1. The highest BCUT2D eigenvalue weighted by molar-refractivity contribution is 6.00. The van der Waals surface area contributed by atoms with E-state index in [1.165, 1.54) is 6.42 Å². The van der Waals surface area contributed by atoms with E-state index in [1.54, 1.807) is 0 Å². The summed E-state index contributed by atoms with van der Waals surface area (Å²) in [5, 5.41) is 14.1. The summed E-state index contributed by atoms with van der Waals surface area (Å²) in [5.41, 5.74) is 0.330. The van der Waals surface area contributed by atoms with Crippen molar-refractivity contribution >= 4 is 24.2 Å². The lowest BCUT2D eigenvalue weighted by Crippen LogP contribution is -2.75. The van der Waals surface area contributed by atoms with E-state index >= 15 is 0 Å². The normalized spacial score (nSPS) is 24.9. The fourth-order valence-corrected chi connectivity index (χ4v) is 6.48. The minimum absolute atomic E-state index is 0. The van der Waals surface area contributed by atoms with E-state index in [0.717, 1.165) is 75.2 Å². The number of ether oxygens (including phenoxy) is 2. The number of carbonyl (C=O) groups excluding carboxylic acids is 2. The van der Waals surface area contributed by atoms with E-state index in [2.05, 4.69) is 23.2 Å². The van der Waals surface area contributed by atoms with Crippen LogP contribution < -0.4 is 14.8 Å². The molecule has 8 nitrogen and oxygen atoms in total. The van der Waals surface area contributed by atoms with Crippen molar-refractivity contribution in [2.45, 2.75) is 88.9 Å². The quantitative estimate of drug-likeness (QED) is 0.557. The zero-order valence-electron chi connectivity index (χ0n) is 22.0. The molecule has 0 bridgehead atoms. The van der Waals surface area contributed by atoms with Crippen molar-refractivity contribution in [1.82, 2.24) is 15.1 Å². The second-order valence-corrected chi connectivity index (χ2v) is 11.0. The lowest BCUT2D eigenvalue weighted by Gasteiger charge is -2.52. The molecule has 3 heterocycles. The first kappa shape index (κ1) is 28.0. The number of piperazine rings is 1. The number of unbranched alkanes of at least 4 members (excludes halogenated alkanes) is 1. The topological polar surface area (TPSA) is 91.3 Å². The van der Waals surface area contributed by atoms with Crippen molar-refractivity contribution in [3.8, 4) is 11.5 Å². The molecule has 5 rings (SSSR count).